The fraction of sp³-hybridized carbons (Fsp3) is 0.200. The molecule has 0 aliphatic rings. The smallest absolute Gasteiger partial charge is 0.156 e. The number of hydrogen-bond donors (Lipinski definition) is 1. The first-order valence-corrected chi connectivity index (χ1v) is 4.83. The van der Waals surface area contributed by atoms with Crippen molar-refractivity contribution < 1.29 is 4.74 Å². The molecule has 0 fully saturated rings. The van der Waals surface area contributed by atoms with Crippen LogP contribution in [0.4, 0.5) is 0 Å². The van der Waals surface area contributed by atoms with Crippen molar-refractivity contribution in [1.82, 2.24) is 15.0 Å². The number of hydrogen-bond acceptors (Lipinski definition) is 3. The molecular formula is C10H10ClN3O. The van der Waals surface area contributed by atoms with Crippen LogP contribution in [0.2, 0.25) is 5.15 Å². The molecule has 0 spiro atoms. The van der Waals surface area contributed by atoms with Gasteiger partial charge in [-0.15, -0.1) is 0 Å². The van der Waals surface area contributed by atoms with Gasteiger partial charge in [-0.1, -0.05) is 11.6 Å². The van der Waals surface area contributed by atoms with Gasteiger partial charge in [-0.3, -0.25) is 0 Å². The molecule has 0 radical (unpaired) electrons. The molecule has 0 aromatic carbocycles. The van der Waals surface area contributed by atoms with Crippen LogP contribution < -0.4 is 0 Å². The Bertz CT molecular complexity index is 442. The van der Waals surface area contributed by atoms with Gasteiger partial charge in [0.1, 0.15) is 11.8 Å². The van der Waals surface area contributed by atoms with E-state index >= 15 is 0 Å². The predicted octanol–water partition coefficient (Wildman–Crippen LogP) is 2.27. The summed E-state index contributed by atoms with van der Waals surface area (Å²) < 4.78 is 4.96. The highest BCUT2D eigenvalue weighted by atomic mass is 35.5. The van der Waals surface area contributed by atoms with Crippen molar-refractivity contribution in [2.75, 3.05) is 7.11 Å². The Morgan fingerprint density at radius 2 is 2.33 bits per heavy atom. The van der Waals surface area contributed by atoms with E-state index in [4.69, 9.17) is 16.3 Å². The molecule has 1 N–H and O–H groups in total. The molecular weight excluding hydrogens is 214 g/mol. The van der Waals surface area contributed by atoms with Gasteiger partial charge in [-0.25, -0.2) is 9.97 Å². The first-order chi connectivity index (χ1) is 7.29. The number of halogens is 1. The van der Waals surface area contributed by atoms with Gasteiger partial charge in [0, 0.05) is 19.4 Å². The van der Waals surface area contributed by atoms with Gasteiger partial charge in [-0.05, 0) is 12.1 Å². The van der Waals surface area contributed by atoms with Gasteiger partial charge < -0.3 is 9.72 Å². The van der Waals surface area contributed by atoms with Crippen molar-refractivity contribution in [3.8, 4) is 11.4 Å². The minimum Gasteiger partial charge on any atom is -0.377 e. The first-order valence-electron chi connectivity index (χ1n) is 4.46. The molecule has 2 aromatic rings. The van der Waals surface area contributed by atoms with Crippen LogP contribution in [0.1, 0.15) is 5.82 Å². The first kappa shape index (κ1) is 10.1. The maximum atomic E-state index is 5.88. The normalized spacial score (nSPS) is 10.5. The number of aromatic nitrogens is 3. The van der Waals surface area contributed by atoms with Crippen LogP contribution >= 0.6 is 11.6 Å². The third kappa shape index (κ3) is 2.34. The Morgan fingerprint density at radius 1 is 1.47 bits per heavy atom. The highest BCUT2D eigenvalue weighted by Crippen LogP contribution is 2.18. The molecule has 0 unspecified atom stereocenters. The third-order valence-electron chi connectivity index (χ3n) is 1.89. The zero-order chi connectivity index (χ0) is 10.7. The molecule has 15 heavy (non-hydrogen) atoms. The molecule has 0 saturated carbocycles. The van der Waals surface area contributed by atoms with Crippen molar-refractivity contribution >= 4 is 11.6 Å². The molecule has 0 atom stereocenters. The van der Waals surface area contributed by atoms with Crippen LogP contribution in [0.3, 0.4) is 0 Å². The molecule has 0 aliphatic carbocycles. The lowest BCUT2D eigenvalue weighted by atomic mass is 10.3. The number of aromatic amines is 1. The van der Waals surface area contributed by atoms with Crippen molar-refractivity contribution in [2.45, 2.75) is 6.61 Å². The lowest BCUT2D eigenvalue weighted by molar-refractivity contribution is 0.178. The van der Waals surface area contributed by atoms with E-state index in [9.17, 15) is 0 Å². The molecule has 0 saturated heterocycles. The monoisotopic (exact) mass is 223 g/mol. The SMILES string of the molecule is COCc1nc(Cl)cc(-c2ccc[nH]2)n1. The van der Waals surface area contributed by atoms with Gasteiger partial charge in [0.15, 0.2) is 5.82 Å². The molecule has 0 bridgehead atoms. The van der Waals surface area contributed by atoms with E-state index in [1.165, 1.54) is 0 Å². The Morgan fingerprint density at radius 3 is 3.00 bits per heavy atom. The van der Waals surface area contributed by atoms with E-state index in [2.05, 4.69) is 15.0 Å². The van der Waals surface area contributed by atoms with E-state index < -0.39 is 0 Å². The number of H-pyrrole nitrogens is 1. The second-order valence-electron chi connectivity index (χ2n) is 3.01. The molecule has 2 heterocycles. The largest absolute Gasteiger partial charge is 0.377 e. The zero-order valence-corrected chi connectivity index (χ0v) is 8.95. The molecule has 0 aliphatic heterocycles. The van der Waals surface area contributed by atoms with Gasteiger partial charge in [0.25, 0.3) is 0 Å². The summed E-state index contributed by atoms with van der Waals surface area (Å²) in [5.74, 6) is 0.578. The standard InChI is InChI=1S/C10H10ClN3O/c1-15-6-10-13-8(5-9(11)14-10)7-3-2-4-12-7/h2-5,12H,6H2,1H3. The summed E-state index contributed by atoms with van der Waals surface area (Å²) in [6, 6.07) is 5.54. The van der Waals surface area contributed by atoms with E-state index in [1.807, 2.05) is 18.3 Å². The van der Waals surface area contributed by atoms with Crippen molar-refractivity contribution in [2.24, 2.45) is 0 Å². The van der Waals surface area contributed by atoms with Gasteiger partial charge in [-0.2, -0.15) is 0 Å². The van der Waals surface area contributed by atoms with Crippen LogP contribution in [0, 0.1) is 0 Å². The highest BCUT2D eigenvalue weighted by molar-refractivity contribution is 6.29. The maximum absolute atomic E-state index is 5.88. The Labute approximate surface area is 92.3 Å². The number of nitrogens with zero attached hydrogens (tertiary/aromatic N) is 2. The predicted molar refractivity (Wildman–Crippen MR) is 57.5 cm³/mol. The molecule has 2 rings (SSSR count). The fourth-order valence-electron chi connectivity index (χ4n) is 1.29. The van der Waals surface area contributed by atoms with Crippen LogP contribution in [-0.2, 0) is 11.3 Å². The lowest BCUT2D eigenvalue weighted by Crippen LogP contribution is -1.98. The molecule has 2 aromatic heterocycles. The summed E-state index contributed by atoms with van der Waals surface area (Å²) in [4.78, 5) is 11.4. The quantitative estimate of drug-likeness (QED) is 0.813. The third-order valence-corrected chi connectivity index (χ3v) is 2.08. The van der Waals surface area contributed by atoms with Crippen LogP contribution in [-0.4, -0.2) is 22.1 Å². The second kappa shape index (κ2) is 4.42. The highest BCUT2D eigenvalue weighted by Gasteiger charge is 2.05. The number of ether oxygens (including phenoxy) is 1. The van der Waals surface area contributed by atoms with Crippen LogP contribution in [0.5, 0.6) is 0 Å². The Kier molecular flexibility index (Phi) is 2.99. The van der Waals surface area contributed by atoms with Gasteiger partial charge >= 0.3 is 0 Å². The average Bonchev–Trinajstić information content (AvgIpc) is 2.70. The van der Waals surface area contributed by atoms with Gasteiger partial charge in [0.05, 0.1) is 11.4 Å². The van der Waals surface area contributed by atoms with E-state index in [0.29, 0.717) is 17.6 Å². The summed E-state index contributed by atoms with van der Waals surface area (Å²) in [7, 11) is 1.60. The molecule has 5 heteroatoms. The molecule has 0 amide bonds. The topological polar surface area (TPSA) is 50.8 Å². The molecule has 4 nitrogen and oxygen atoms in total. The van der Waals surface area contributed by atoms with Crippen molar-refractivity contribution in [3.63, 3.8) is 0 Å². The van der Waals surface area contributed by atoms with E-state index in [1.54, 1.807) is 13.2 Å². The summed E-state index contributed by atoms with van der Waals surface area (Å²) in [6.45, 7) is 0.355. The van der Waals surface area contributed by atoms with Crippen molar-refractivity contribution in [1.29, 1.82) is 0 Å². The summed E-state index contributed by atoms with van der Waals surface area (Å²) in [5.41, 5.74) is 1.68. The number of nitrogens with one attached hydrogen (secondary N) is 1. The minimum atomic E-state index is 0.355. The number of methoxy groups -OCH3 is 1. The average molecular weight is 224 g/mol. The van der Waals surface area contributed by atoms with E-state index in [0.717, 1.165) is 11.4 Å². The van der Waals surface area contributed by atoms with Gasteiger partial charge in [0.2, 0.25) is 0 Å². The fourth-order valence-corrected chi connectivity index (χ4v) is 1.49. The van der Waals surface area contributed by atoms with E-state index in [-0.39, 0.29) is 0 Å². The lowest BCUT2D eigenvalue weighted by Gasteiger charge is -2.02. The summed E-state index contributed by atoms with van der Waals surface area (Å²) in [6.07, 6.45) is 1.83. The Balaban J connectivity index is 2.40. The zero-order valence-electron chi connectivity index (χ0n) is 8.20. The summed E-state index contributed by atoms with van der Waals surface area (Å²) in [5, 5.41) is 0.418. The molecule has 78 valence electrons. The number of rotatable bonds is 3. The Hall–Kier alpha value is -1.39. The van der Waals surface area contributed by atoms with Crippen molar-refractivity contribution in [3.05, 3.63) is 35.4 Å². The maximum Gasteiger partial charge on any atom is 0.156 e. The van der Waals surface area contributed by atoms with Crippen LogP contribution in [0.25, 0.3) is 11.4 Å². The minimum absolute atomic E-state index is 0.355. The van der Waals surface area contributed by atoms with Crippen LogP contribution in [0.15, 0.2) is 24.4 Å². The second-order valence-corrected chi connectivity index (χ2v) is 3.40. The summed E-state index contributed by atoms with van der Waals surface area (Å²) >= 11 is 5.88.